The van der Waals surface area contributed by atoms with Crippen molar-refractivity contribution < 1.29 is 14.3 Å². The highest BCUT2D eigenvalue weighted by Crippen LogP contribution is 2.38. The smallest absolute Gasteiger partial charge is 0.129 e. The monoisotopic (exact) mass is 236 g/mol. The van der Waals surface area contributed by atoms with E-state index in [0.29, 0.717) is 18.8 Å². The zero-order valence-corrected chi connectivity index (χ0v) is 10.9. The number of benzene rings is 1. The van der Waals surface area contributed by atoms with Crippen molar-refractivity contribution in [3.05, 3.63) is 23.3 Å². The maximum absolute atomic E-state index is 10.5. The fourth-order valence-corrected chi connectivity index (χ4v) is 2.00. The molecular weight excluding hydrogens is 216 g/mol. The summed E-state index contributed by atoms with van der Waals surface area (Å²) in [4.78, 5) is 10.5. The van der Waals surface area contributed by atoms with Crippen molar-refractivity contribution in [2.24, 2.45) is 0 Å². The van der Waals surface area contributed by atoms with Crippen LogP contribution in [0.5, 0.6) is 11.5 Å². The molecule has 0 unspecified atom stereocenters. The molecule has 1 aromatic rings. The lowest BCUT2D eigenvalue weighted by Crippen LogP contribution is -2.02. The maximum atomic E-state index is 10.5. The fourth-order valence-electron chi connectivity index (χ4n) is 2.00. The number of ether oxygens (including phenoxy) is 2. The van der Waals surface area contributed by atoms with E-state index < -0.39 is 0 Å². The molecule has 1 rings (SSSR count). The Balaban J connectivity index is 3.25. The van der Waals surface area contributed by atoms with Gasteiger partial charge in [-0.3, -0.25) is 0 Å². The SMILES string of the molecule is COc1ccc(CCC=O)c(OC)c1C(C)C. The lowest BCUT2D eigenvalue weighted by Gasteiger charge is -2.19. The first-order valence-electron chi connectivity index (χ1n) is 5.83. The number of rotatable bonds is 6. The van der Waals surface area contributed by atoms with Gasteiger partial charge in [-0.05, 0) is 24.0 Å². The Hall–Kier alpha value is -1.51. The Labute approximate surface area is 103 Å². The molecule has 0 aliphatic heterocycles. The molecule has 0 heterocycles. The molecule has 0 saturated carbocycles. The van der Waals surface area contributed by atoms with Crippen LogP contribution in [-0.2, 0) is 11.2 Å². The van der Waals surface area contributed by atoms with E-state index in [1.54, 1.807) is 14.2 Å². The van der Waals surface area contributed by atoms with Crippen LogP contribution in [0.25, 0.3) is 0 Å². The summed E-state index contributed by atoms with van der Waals surface area (Å²) in [5, 5.41) is 0. The van der Waals surface area contributed by atoms with E-state index in [1.807, 2.05) is 12.1 Å². The first kappa shape index (κ1) is 13.6. The fraction of sp³-hybridized carbons (Fsp3) is 0.500. The number of aryl methyl sites for hydroxylation is 1. The Morgan fingerprint density at radius 3 is 2.41 bits per heavy atom. The van der Waals surface area contributed by atoms with E-state index in [4.69, 9.17) is 9.47 Å². The topological polar surface area (TPSA) is 35.5 Å². The van der Waals surface area contributed by atoms with Gasteiger partial charge in [-0.25, -0.2) is 0 Å². The highest BCUT2D eigenvalue weighted by molar-refractivity contribution is 5.55. The number of hydrogen-bond acceptors (Lipinski definition) is 3. The summed E-state index contributed by atoms with van der Waals surface area (Å²) in [6, 6.07) is 3.91. The van der Waals surface area contributed by atoms with Crippen molar-refractivity contribution >= 4 is 6.29 Å². The van der Waals surface area contributed by atoms with Gasteiger partial charge in [-0.15, -0.1) is 0 Å². The summed E-state index contributed by atoms with van der Waals surface area (Å²) in [6.07, 6.45) is 2.15. The molecule has 0 aromatic heterocycles. The van der Waals surface area contributed by atoms with Crippen molar-refractivity contribution in [2.45, 2.75) is 32.6 Å². The summed E-state index contributed by atoms with van der Waals surface area (Å²) in [6.45, 7) is 4.20. The second-order valence-corrected chi connectivity index (χ2v) is 4.23. The zero-order valence-electron chi connectivity index (χ0n) is 10.9. The minimum atomic E-state index is 0.316. The molecule has 17 heavy (non-hydrogen) atoms. The Kier molecular flexibility index (Phi) is 5.01. The summed E-state index contributed by atoms with van der Waals surface area (Å²) in [7, 11) is 3.32. The summed E-state index contributed by atoms with van der Waals surface area (Å²) in [5.74, 6) is 2.00. The number of carbonyl (C=O) groups is 1. The standard InChI is InChI=1S/C14H20O3/c1-10(2)13-12(16-3)8-7-11(6-5-9-15)14(13)17-4/h7-10H,5-6H2,1-4H3. The van der Waals surface area contributed by atoms with Gasteiger partial charge < -0.3 is 14.3 Å². The molecule has 0 N–H and O–H groups in total. The first-order valence-corrected chi connectivity index (χ1v) is 5.83. The third kappa shape index (κ3) is 2.99. The molecular formula is C14H20O3. The average molecular weight is 236 g/mol. The predicted molar refractivity (Wildman–Crippen MR) is 68.0 cm³/mol. The van der Waals surface area contributed by atoms with Crippen molar-refractivity contribution in [2.75, 3.05) is 14.2 Å². The summed E-state index contributed by atoms with van der Waals surface area (Å²) < 4.78 is 10.8. The van der Waals surface area contributed by atoms with Crippen molar-refractivity contribution in [1.82, 2.24) is 0 Å². The number of hydrogen-bond donors (Lipinski definition) is 0. The highest BCUT2D eigenvalue weighted by atomic mass is 16.5. The third-order valence-corrected chi connectivity index (χ3v) is 2.77. The second-order valence-electron chi connectivity index (χ2n) is 4.23. The first-order chi connectivity index (χ1) is 8.15. The van der Waals surface area contributed by atoms with E-state index in [1.165, 1.54) is 0 Å². The zero-order chi connectivity index (χ0) is 12.8. The van der Waals surface area contributed by atoms with Gasteiger partial charge in [0.1, 0.15) is 17.8 Å². The third-order valence-electron chi connectivity index (χ3n) is 2.77. The lowest BCUT2D eigenvalue weighted by atomic mass is 9.96. The lowest BCUT2D eigenvalue weighted by molar-refractivity contribution is -0.107. The minimum absolute atomic E-state index is 0.316. The molecule has 94 valence electrons. The molecule has 0 bridgehead atoms. The van der Waals surface area contributed by atoms with Gasteiger partial charge in [0.15, 0.2) is 0 Å². The molecule has 3 nitrogen and oxygen atoms in total. The van der Waals surface area contributed by atoms with E-state index in [2.05, 4.69) is 13.8 Å². The minimum Gasteiger partial charge on any atom is -0.496 e. The van der Waals surface area contributed by atoms with Crippen LogP contribution in [0.15, 0.2) is 12.1 Å². The van der Waals surface area contributed by atoms with Gasteiger partial charge in [-0.2, -0.15) is 0 Å². The molecule has 0 radical (unpaired) electrons. The van der Waals surface area contributed by atoms with Crippen LogP contribution >= 0.6 is 0 Å². The predicted octanol–water partition coefficient (Wildman–Crippen LogP) is 2.96. The van der Waals surface area contributed by atoms with Crippen molar-refractivity contribution in [3.63, 3.8) is 0 Å². The normalized spacial score (nSPS) is 10.4. The molecule has 3 heteroatoms. The van der Waals surface area contributed by atoms with Gasteiger partial charge >= 0.3 is 0 Å². The molecule has 0 fully saturated rings. The van der Waals surface area contributed by atoms with Gasteiger partial charge in [0.25, 0.3) is 0 Å². The summed E-state index contributed by atoms with van der Waals surface area (Å²) >= 11 is 0. The Morgan fingerprint density at radius 2 is 1.94 bits per heavy atom. The van der Waals surface area contributed by atoms with Crippen LogP contribution < -0.4 is 9.47 Å². The van der Waals surface area contributed by atoms with Crippen LogP contribution in [0.1, 0.15) is 37.3 Å². The molecule has 1 aromatic carbocycles. The van der Waals surface area contributed by atoms with Crippen LogP contribution in [0.4, 0.5) is 0 Å². The van der Waals surface area contributed by atoms with Gasteiger partial charge in [-0.1, -0.05) is 19.9 Å². The van der Waals surface area contributed by atoms with Crippen LogP contribution in [0.3, 0.4) is 0 Å². The second kappa shape index (κ2) is 6.28. The van der Waals surface area contributed by atoms with Gasteiger partial charge in [0, 0.05) is 12.0 Å². The van der Waals surface area contributed by atoms with Crippen molar-refractivity contribution in [1.29, 1.82) is 0 Å². The summed E-state index contributed by atoms with van der Waals surface area (Å²) in [5.41, 5.74) is 2.13. The average Bonchev–Trinajstić information content (AvgIpc) is 2.34. The molecule has 0 aliphatic rings. The van der Waals surface area contributed by atoms with Crippen molar-refractivity contribution in [3.8, 4) is 11.5 Å². The van der Waals surface area contributed by atoms with Gasteiger partial charge in [0.2, 0.25) is 0 Å². The van der Waals surface area contributed by atoms with E-state index in [0.717, 1.165) is 28.9 Å². The van der Waals surface area contributed by atoms with Crippen LogP contribution in [0.2, 0.25) is 0 Å². The number of carbonyl (C=O) groups excluding carboxylic acids is 1. The Bertz CT molecular complexity index is 383. The van der Waals surface area contributed by atoms with Crippen LogP contribution in [-0.4, -0.2) is 20.5 Å². The quantitative estimate of drug-likeness (QED) is 0.712. The molecule has 0 saturated heterocycles. The largest absolute Gasteiger partial charge is 0.496 e. The molecule has 0 amide bonds. The van der Waals surface area contributed by atoms with Crippen LogP contribution in [0, 0.1) is 0 Å². The molecule has 0 spiro atoms. The molecule has 0 atom stereocenters. The Morgan fingerprint density at radius 1 is 1.24 bits per heavy atom. The number of methoxy groups -OCH3 is 2. The molecule has 0 aliphatic carbocycles. The number of aldehydes is 1. The van der Waals surface area contributed by atoms with E-state index >= 15 is 0 Å². The highest BCUT2D eigenvalue weighted by Gasteiger charge is 2.17. The van der Waals surface area contributed by atoms with E-state index in [9.17, 15) is 4.79 Å². The van der Waals surface area contributed by atoms with Gasteiger partial charge in [0.05, 0.1) is 14.2 Å². The maximum Gasteiger partial charge on any atom is 0.129 e. The van der Waals surface area contributed by atoms with E-state index in [-0.39, 0.29) is 0 Å².